The number of ether oxygens (including phenoxy) is 3. The Labute approximate surface area is 223 Å². The molecule has 1 amide bonds. The lowest BCUT2D eigenvalue weighted by Gasteiger charge is -2.25. The van der Waals surface area contributed by atoms with Crippen molar-refractivity contribution in [1.82, 2.24) is 4.90 Å². The minimum atomic E-state index is -0.751. The maximum Gasteiger partial charge on any atom is 0.295 e. The second-order valence-electron chi connectivity index (χ2n) is 9.60. The van der Waals surface area contributed by atoms with E-state index in [-0.39, 0.29) is 11.3 Å². The van der Waals surface area contributed by atoms with Crippen LogP contribution < -0.4 is 14.2 Å². The third kappa shape index (κ3) is 5.83. The largest absolute Gasteiger partial charge is 0.507 e. The summed E-state index contributed by atoms with van der Waals surface area (Å²) < 4.78 is 16.3. The molecular weight excluding hydrogens is 482 g/mol. The third-order valence-corrected chi connectivity index (χ3v) is 6.46. The van der Waals surface area contributed by atoms with Gasteiger partial charge in [0.25, 0.3) is 11.7 Å². The van der Waals surface area contributed by atoms with Crippen LogP contribution in [0.15, 0.2) is 78.4 Å². The Kier molecular flexibility index (Phi) is 8.36. The molecule has 0 bridgehead atoms. The maximum absolute atomic E-state index is 13.4. The van der Waals surface area contributed by atoms with E-state index in [1.54, 1.807) is 50.6 Å². The summed E-state index contributed by atoms with van der Waals surface area (Å²) in [7, 11) is 3.18. The van der Waals surface area contributed by atoms with Crippen LogP contribution in [0.5, 0.6) is 17.2 Å². The first-order valence-electron chi connectivity index (χ1n) is 12.6. The van der Waals surface area contributed by atoms with Gasteiger partial charge in [-0.3, -0.25) is 9.59 Å². The van der Waals surface area contributed by atoms with E-state index in [0.29, 0.717) is 48.1 Å². The van der Waals surface area contributed by atoms with Gasteiger partial charge in [0.2, 0.25) is 0 Å². The summed E-state index contributed by atoms with van der Waals surface area (Å²) >= 11 is 0. The molecule has 0 spiro atoms. The van der Waals surface area contributed by atoms with Crippen LogP contribution in [0.4, 0.5) is 0 Å². The Hall–Kier alpha value is -4.26. The molecule has 7 heteroatoms. The Morgan fingerprint density at radius 3 is 2.13 bits per heavy atom. The van der Waals surface area contributed by atoms with Crippen molar-refractivity contribution in [3.63, 3.8) is 0 Å². The number of nitrogens with zero attached hydrogens (tertiary/aromatic N) is 1. The molecule has 4 rings (SSSR count). The number of likely N-dealkylation sites (tertiary alicyclic amines) is 1. The number of carbonyl (C=O) groups excluding carboxylic acids is 2. The van der Waals surface area contributed by atoms with E-state index in [4.69, 9.17) is 14.2 Å². The minimum Gasteiger partial charge on any atom is -0.507 e. The third-order valence-electron chi connectivity index (χ3n) is 6.46. The minimum absolute atomic E-state index is 0.0518. The van der Waals surface area contributed by atoms with E-state index in [2.05, 4.69) is 0 Å². The van der Waals surface area contributed by atoms with Crippen LogP contribution in [-0.4, -0.2) is 49.1 Å². The van der Waals surface area contributed by atoms with Crippen LogP contribution in [0, 0.1) is 5.92 Å². The highest BCUT2D eigenvalue weighted by molar-refractivity contribution is 6.46. The molecule has 0 aromatic heterocycles. The number of Topliss-reactive ketones (excluding diaryl/α,β-unsaturated/α-hetero) is 1. The number of hydrogen-bond donors (Lipinski definition) is 1. The molecule has 0 aliphatic carbocycles. The summed E-state index contributed by atoms with van der Waals surface area (Å²) in [6, 6.07) is 21.0. The van der Waals surface area contributed by atoms with Gasteiger partial charge in [-0.05, 0) is 59.9 Å². The van der Waals surface area contributed by atoms with Crippen molar-refractivity contribution >= 4 is 17.4 Å². The van der Waals surface area contributed by atoms with Crippen molar-refractivity contribution in [1.29, 1.82) is 0 Å². The zero-order valence-corrected chi connectivity index (χ0v) is 22.1. The Morgan fingerprint density at radius 1 is 0.895 bits per heavy atom. The zero-order chi connectivity index (χ0) is 27.2. The van der Waals surface area contributed by atoms with E-state index in [1.807, 2.05) is 50.2 Å². The van der Waals surface area contributed by atoms with E-state index in [0.717, 1.165) is 11.3 Å². The molecule has 1 aliphatic heterocycles. The highest BCUT2D eigenvalue weighted by atomic mass is 16.5. The van der Waals surface area contributed by atoms with E-state index >= 15 is 0 Å². The number of rotatable bonds is 10. The SMILES string of the molecule is COc1ccc(CCN2C(=O)C(=O)/C(=C(\O)c3cccc(OCC(C)C)c3)C2c2ccc(OC)cc2)cc1. The molecule has 1 aliphatic rings. The molecule has 1 heterocycles. The van der Waals surface area contributed by atoms with Crippen LogP contribution in [0.3, 0.4) is 0 Å². The van der Waals surface area contributed by atoms with Crippen molar-refractivity contribution in [3.8, 4) is 17.2 Å². The molecule has 1 N–H and O–H groups in total. The Morgan fingerprint density at radius 2 is 1.53 bits per heavy atom. The molecule has 0 radical (unpaired) electrons. The van der Waals surface area contributed by atoms with Crippen molar-refractivity contribution in [2.24, 2.45) is 5.92 Å². The quantitative estimate of drug-likeness (QED) is 0.221. The predicted molar refractivity (Wildman–Crippen MR) is 145 cm³/mol. The Balaban J connectivity index is 1.72. The number of methoxy groups -OCH3 is 2. The molecule has 1 fully saturated rings. The van der Waals surface area contributed by atoms with Gasteiger partial charge >= 0.3 is 0 Å². The lowest BCUT2D eigenvalue weighted by Crippen LogP contribution is -2.31. The smallest absolute Gasteiger partial charge is 0.295 e. The number of ketones is 1. The first-order valence-corrected chi connectivity index (χ1v) is 12.6. The summed E-state index contributed by atoms with van der Waals surface area (Å²) in [6.07, 6.45) is 0.530. The fourth-order valence-electron chi connectivity index (χ4n) is 4.44. The van der Waals surface area contributed by atoms with Crippen LogP contribution in [0.1, 0.15) is 36.6 Å². The van der Waals surface area contributed by atoms with Crippen LogP contribution in [0.2, 0.25) is 0 Å². The second-order valence-corrected chi connectivity index (χ2v) is 9.60. The lowest BCUT2D eigenvalue weighted by atomic mass is 9.95. The van der Waals surface area contributed by atoms with Crippen LogP contribution >= 0.6 is 0 Å². The van der Waals surface area contributed by atoms with Crippen molar-refractivity contribution in [2.45, 2.75) is 26.3 Å². The van der Waals surface area contributed by atoms with Gasteiger partial charge in [-0.2, -0.15) is 0 Å². The van der Waals surface area contributed by atoms with E-state index in [9.17, 15) is 14.7 Å². The molecule has 38 heavy (non-hydrogen) atoms. The van der Waals surface area contributed by atoms with Crippen LogP contribution in [0.25, 0.3) is 5.76 Å². The Bertz CT molecular complexity index is 1310. The van der Waals surface area contributed by atoms with Gasteiger partial charge in [-0.25, -0.2) is 0 Å². The summed E-state index contributed by atoms with van der Waals surface area (Å²) in [5.74, 6) is 0.715. The molecule has 3 aromatic carbocycles. The van der Waals surface area contributed by atoms with Gasteiger partial charge in [-0.1, -0.05) is 50.2 Å². The first kappa shape index (κ1) is 26.8. The fraction of sp³-hybridized carbons (Fsp3) is 0.290. The summed E-state index contributed by atoms with van der Waals surface area (Å²) in [6.45, 7) is 4.91. The molecule has 198 valence electrons. The monoisotopic (exact) mass is 515 g/mol. The molecule has 1 saturated heterocycles. The fourth-order valence-corrected chi connectivity index (χ4v) is 4.44. The second kappa shape index (κ2) is 11.9. The molecule has 3 aromatic rings. The highest BCUT2D eigenvalue weighted by Crippen LogP contribution is 2.40. The number of aliphatic hydroxyl groups is 1. The van der Waals surface area contributed by atoms with Gasteiger partial charge in [0.15, 0.2) is 0 Å². The number of amides is 1. The highest BCUT2D eigenvalue weighted by Gasteiger charge is 2.45. The lowest BCUT2D eigenvalue weighted by molar-refractivity contribution is -0.139. The van der Waals surface area contributed by atoms with Crippen molar-refractivity contribution in [2.75, 3.05) is 27.4 Å². The maximum atomic E-state index is 13.4. The normalized spacial score (nSPS) is 16.7. The van der Waals surface area contributed by atoms with Crippen LogP contribution in [-0.2, 0) is 16.0 Å². The molecule has 1 unspecified atom stereocenters. The topological polar surface area (TPSA) is 85.3 Å². The van der Waals surface area contributed by atoms with E-state index < -0.39 is 17.7 Å². The average Bonchev–Trinajstić information content (AvgIpc) is 3.20. The standard InChI is InChI=1S/C31H33NO6/c1-20(2)19-38-26-7-5-6-23(18-26)29(33)27-28(22-10-14-25(37-4)15-11-22)32(31(35)30(27)34)17-16-21-8-12-24(36-3)13-9-21/h5-15,18,20,28,33H,16-17,19H2,1-4H3/b29-27-. The number of carbonyl (C=O) groups is 2. The number of aliphatic hydroxyl groups excluding tert-OH is 1. The van der Waals surface area contributed by atoms with Gasteiger partial charge in [0.1, 0.15) is 23.0 Å². The molecule has 0 saturated carbocycles. The van der Waals surface area contributed by atoms with Gasteiger partial charge in [0, 0.05) is 12.1 Å². The van der Waals surface area contributed by atoms with Gasteiger partial charge in [-0.15, -0.1) is 0 Å². The molecule has 1 atom stereocenters. The molecular formula is C31H33NO6. The predicted octanol–water partition coefficient (Wildman–Crippen LogP) is 5.40. The van der Waals surface area contributed by atoms with Crippen molar-refractivity contribution < 1.29 is 28.9 Å². The first-order chi connectivity index (χ1) is 18.3. The van der Waals surface area contributed by atoms with Crippen molar-refractivity contribution in [3.05, 3.63) is 95.1 Å². The summed E-state index contributed by atoms with van der Waals surface area (Å²) in [4.78, 5) is 28.2. The zero-order valence-electron chi connectivity index (χ0n) is 22.1. The average molecular weight is 516 g/mol. The summed E-state index contributed by atoms with van der Waals surface area (Å²) in [5.41, 5.74) is 2.17. The van der Waals surface area contributed by atoms with Gasteiger partial charge in [0.05, 0.1) is 32.4 Å². The number of hydrogen-bond acceptors (Lipinski definition) is 6. The summed E-state index contributed by atoms with van der Waals surface area (Å²) in [5, 5.41) is 11.4. The number of benzene rings is 3. The van der Waals surface area contributed by atoms with Gasteiger partial charge < -0.3 is 24.2 Å². The van der Waals surface area contributed by atoms with E-state index in [1.165, 1.54) is 4.90 Å². The molecule has 7 nitrogen and oxygen atoms in total.